The monoisotopic (exact) mass is 296 g/mol. The van der Waals surface area contributed by atoms with Gasteiger partial charge in [0.25, 0.3) is 5.91 Å². The van der Waals surface area contributed by atoms with Gasteiger partial charge in [0.15, 0.2) is 0 Å². The van der Waals surface area contributed by atoms with E-state index in [-0.39, 0.29) is 43.4 Å². The standard InChI is InChI=1S/C14H17FN2O4/c1-9(18)16-4-5-17(8-11(20)7-16)14(21)12-3-2-10(19)6-13(12)15/h2-3,6,11,19-20H,4-5,7-8H2,1H3. The number of hydrogen-bond donors (Lipinski definition) is 2. The van der Waals surface area contributed by atoms with E-state index < -0.39 is 17.8 Å². The summed E-state index contributed by atoms with van der Waals surface area (Å²) in [6.07, 6.45) is -0.875. The van der Waals surface area contributed by atoms with Crippen LogP contribution in [0.3, 0.4) is 0 Å². The molecule has 0 radical (unpaired) electrons. The van der Waals surface area contributed by atoms with Crippen LogP contribution < -0.4 is 0 Å². The van der Waals surface area contributed by atoms with Crippen molar-refractivity contribution in [2.75, 3.05) is 26.2 Å². The summed E-state index contributed by atoms with van der Waals surface area (Å²) in [7, 11) is 0. The zero-order valence-electron chi connectivity index (χ0n) is 11.6. The second-order valence-electron chi connectivity index (χ2n) is 5.03. The van der Waals surface area contributed by atoms with Gasteiger partial charge in [-0.3, -0.25) is 9.59 Å². The Kier molecular flexibility index (Phi) is 4.42. The molecule has 1 unspecified atom stereocenters. The second kappa shape index (κ2) is 6.09. The maximum atomic E-state index is 13.7. The van der Waals surface area contributed by atoms with Crippen LogP contribution in [-0.2, 0) is 4.79 Å². The van der Waals surface area contributed by atoms with Gasteiger partial charge in [0.1, 0.15) is 11.6 Å². The maximum absolute atomic E-state index is 13.7. The summed E-state index contributed by atoms with van der Waals surface area (Å²) < 4.78 is 13.7. The fourth-order valence-electron chi connectivity index (χ4n) is 2.31. The number of amides is 2. The van der Waals surface area contributed by atoms with Gasteiger partial charge in [0, 0.05) is 39.2 Å². The van der Waals surface area contributed by atoms with E-state index >= 15 is 0 Å². The van der Waals surface area contributed by atoms with Crippen LogP contribution >= 0.6 is 0 Å². The summed E-state index contributed by atoms with van der Waals surface area (Å²) in [6, 6.07) is 3.29. The molecule has 6 nitrogen and oxygen atoms in total. The Balaban J connectivity index is 2.17. The molecule has 1 aromatic carbocycles. The van der Waals surface area contributed by atoms with Crippen molar-refractivity contribution >= 4 is 11.8 Å². The zero-order valence-corrected chi connectivity index (χ0v) is 11.6. The van der Waals surface area contributed by atoms with E-state index in [1.807, 2.05) is 0 Å². The molecule has 1 saturated heterocycles. The Morgan fingerprint density at radius 2 is 1.86 bits per heavy atom. The number of β-amino-alcohol motifs (C(OH)–C–C–N with tert-alkyl or cyclic N) is 1. The van der Waals surface area contributed by atoms with Gasteiger partial charge in [-0.1, -0.05) is 0 Å². The molecular weight excluding hydrogens is 279 g/mol. The number of aliphatic hydroxyl groups is 1. The fourth-order valence-corrected chi connectivity index (χ4v) is 2.31. The van der Waals surface area contributed by atoms with Gasteiger partial charge in [-0.25, -0.2) is 4.39 Å². The topological polar surface area (TPSA) is 81.1 Å². The Morgan fingerprint density at radius 3 is 2.48 bits per heavy atom. The summed E-state index contributed by atoms with van der Waals surface area (Å²) in [5.41, 5.74) is -0.170. The highest BCUT2D eigenvalue weighted by Gasteiger charge is 2.27. The average Bonchev–Trinajstić information content (AvgIpc) is 2.60. The van der Waals surface area contributed by atoms with E-state index in [0.29, 0.717) is 0 Å². The van der Waals surface area contributed by atoms with Crippen molar-refractivity contribution in [3.63, 3.8) is 0 Å². The molecule has 7 heteroatoms. The van der Waals surface area contributed by atoms with Gasteiger partial charge >= 0.3 is 0 Å². The van der Waals surface area contributed by atoms with Crippen LogP contribution in [0.5, 0.6) is 5.75 Å². The molecule has 1 fully saturated rings. The molecule has 2 amide bonds. The number of phenols is 1. The molecule has 1 aliphatic heterocycles. The Labute approximate surface area is 121 Å². The first-order chi connectivity index (χ1) is 9.88. The average molecular weight is 296 g/mol. The van der Waals surface area contributed by atoms with Crippen LogP contribution in [0.2, 0.25) is 0 Å². The normalized spacial score (nSPS) is 19.3. The smallest absolute Gasteiger partial charge is 0.256 e. The number of carbonyl (C=O) groups is 2. The predicted octanol–water partition coefficient (Wildman–Crippen LogP) is 0.197. The molecule has 1 heterocycles. The van der Waals surface area contributed by atoms with Crippen molar-refractivity contribution in [1.82, 2.24) is 9.80 Å². The first-order valence-corrected chi connectivity index (χ1v) is 6.60. The summed E-state index contributed by atoms with van der Waals surface area (Å²) in [5.74, 6) is -1.83. The first-order valence-electron chi connectivity index (χ1n) is 6.60. The number of hydrogen-bond acceptors (Lipinski definition) is 4. The molecule has 0 saturated carbocycles. The molecular formula is C14H17FN2O4. The highest BCUT2D eigenvalue weighted by Crippen LogP contribution is 2.17. The largest absolute Gasteiger partial charge is 0.508 e. The van der Waals surface area contributed by atoms with E-state index in [1.54, 1.807) is 0 Å². The van der Waals surface area contributed by atoms with Gasteiger partial charge in [0.2, 0.25) is 5.91 Å². The lowest BCUT2D eigenvalue weighted by Crippen LogP contribution is -2.38. The molecule has 2 N–H and O–H groups in total. The number of halogens is 1. The van der Waals surface area contributed by atoms with Gasteiger partial charge in [-0.05, 0) is 12.1 Å². The molecule has 2 rings (SSSR count). The Morgan fingerprint density at radius 1 is 1.24 bits per heavy atom. The first kappa shape index (κ1) is 15.2. The van der Waals surface area contributed by atoms with Gasteiger partial charge in [-0.15, -0.1) is 0 Å². The minimum absolute atomic E-state index is 0.0307. The van der Waals surface area contributed by atoms with Crippen LogP contribution in [0, 0.1) is 5.82 Å². The zero-order chi connectivity index (χ0) is 15.6. The molecule has 0 aliphatic carbocycles. The van der Waals surface area contributed by atoms with Crippen LogP contribution in [0.4, 0.5) is 4.39 Å². The molecule has 0 bridgehead atoms. The summed E-state index contributed by atoms with van der Waals surface area (Å²) in [6.45, 7) is 2.08. The van der Waals surface area contributed by atoms with Crippen molar-refractivity contribution in [3.8, 4) is 5.75 Å². The lowest BCUT2D eigenvalue weighted by atomic mass is 10.1. The van der Waals surface area contributed by atoms with Crippen molar-refractivity contribution in [3.05, 3.63) is 29.6 Å². The lowest BCUT2D eigenvalue weighted by molar-refractivity contribution is -0.129. The number of carbonyl (C=O) groups excluding carboxylic acids is 2. The number of phenolic OH excluding ortho intramolecular Hbond substituents is 1. The van der Waals surface area contributed by atoms with E-state index in [1.165, 1.54) is 28.9 Å². The van der Waals surface area contributed by atoms with Crippen LogP contribution in [-0.4, -0.2) is 64.1 Å². The van der Waals surface area contributed by atoms with Crippen molar-refractivity contribution in [2.45, 2.75) is 13.0 Å². The molecule has 1 aliphatic rings. The molecule has 1 atom stereocenters. The number of aliphatic hydroxyl groups excluding tert-OH is 1. The van der Waals surface area contributed by atoms with Crippen molar-refractivity contribution in [1.29, 1.82) is 0 Å². The van der Waals surface area contributed by atoms with Gasteiger partial charge in [0.05, 0.1) is 11.7 Å². The van der Waals surface area contributed by atoms with Crippen LogP contribution in [0.25, 0.3) is 0 Å². The number of benzene rings is 1. The Hall–Kier alpha value is -2.15. The summed E-state index contributed by atoms with van der Waals surface area (Å²) >= 11 is 0. The third kappa shape index (κ3) is 3.49. The SMILES string of the molecule is CC(=O)N1CCN(C(=O)c2ccc(O)cc2F)CC(O)C1. The second-order valence-corrected chi connectivity index (χ2v) is 5.03. The predicted molar refractivity (Wildman–Crippen MR) is 72.2 cm³/mol. The Bertz CT molecular complexity index is 564. The highest BCUT2D eigenvalue weighted by molar-refractivity contribution is 5.94. The van der Waals surface area contributed by atoms with Gasteiger partial charge < -0.3 is 20.0 Å². The molecule has 0 spiro atoms. The molecule has 1 aromatic rings. The van der Waals surface area contributed by atoms with Crippen LogP contribution in [0.15, 0.2) is 18.2 Å². The maximum Gasteiger partial charge on any atom is 0.256 e. The minimum Gasteiger partial charge on any atom is -0.508 e. The number of rotatable bonds is 1. The van der Waals surface area contributed by atoms with Crippen LogP contribution in [0.1, 0.15) is 17.3 Å². The number of nitrogens with zero attached hydrogens (tertiary/aromatic N) is 2. The third-order valence-corrected chi connectivity index (χ3v) is 3.42. The quantitative estimate of drug-likeness (QED) is 0.775. The summed E-state index contributed by atoms with van der Waals surface area (Å²) in [4.78, 5) is 26.4. The van der Waals surface area contributed by atoms with E-state index in [9.17, 15) is 19.1 Å². The van der Waals surface area contributed by atoms with Gasteiger partial charge in [-0.2, -0.15) is 0 Å². The van der Waals surface area contributed by atoms with E-state index in [4.69, 9.17) is 5.11 Å². The lowest BCUT2D eigenvalue weighted by Gasteiger charge is -2.22. The van der Waals surface area contributed by atoms with Crippen molar-refractivity contribution in [2.24, 2.45) is 0 Å². The summed E-state index contributed by atoms with van der Waals surface area (Å²) in [5, 5.41) is 19.0. The van der Waals surface area contributed by atoms with E-state index in [2.05, 4.69) is 0 Å². The molecule has 0 aromatic heterocycles. The molecule has 21 heavy (non-hydrogen) atoms. The van der Waals surface area contributed by atoms with Crippen molar-refractivity contribution < 1.29 is 24.2 Å². The highest BCUT2D eigenvalue weighted by atomic mass is 19.1. The minimum atomic E-state index is -0.875. The number of aromatic hydroxyl groups is 1. The third-order valence-electron chi connectivity index (χ3n) is 3.42. The molecule has 114 valence electrons. The van der Waals surface area contributed by atoms with E-state index in [0.717, 1.165) is 6.07 Å². The fraction of sp³-hybridized carbons (Fsp3) is 0.429.